The van der Waals surface area contributed by atoms with E-state index in [1.807, 2.05) is 0 Å². The molecule has 0 bridgehead atoms. The standard InChI is InChI=1S/C16H27N3O2/c1-18-8-6-12(7-9-18)11-17-14-10-15(20)19(16(14)21)13-4-2-3-5-13/h12-14,17H,2-11H2,1H3. The molecule has 0 aromatic carbocycles. The first-order valence-electron chi connectivity index (χ1n) is 8.43. The van der Waals surface area contributed by atoms with E-state index < -0.39 is 0 Å². The van der Waals surface area contributed by atoms with Gasteiger partial charge in [-0.1, -0.05) is 12.8 Å². The maximum absolute atomic E-state index is 12.5. The lowest BCUT2D eigenvalue weighted by molar-refractivity contribution is -0.141. The first-order valence-corrected chi connectivity index (χ1v) is 8.43. The van der Waals surface area contributed by atoms with Crippen molar-refractivity contribution in [3.05, 3.63) is 0 Å². The predicted octanol–water partition coefficient (Wildman–Crippen LogP) is 0.988. The van der Waals surface area contributed by atoms with Crippen molar-refractivity contribution in [2.45, 2.75) is 57.0 Å². The van der Waals surface area contributed by atoms with Gasteiger partial charge in [-0.2, -0.15) is 0 Å². The van der Waals surface area contributed by atoms with Crippen LogP contribution < -0.4 is 5.32 Å². The highest BCUT2D eigenvalue weighted by Crippen LogP contribution is 2.28. The van der Waals surface area contributed by atoms with Crippen molar-refractivity contribution in [2.75, 3.05) is 26.7 Å². The number of amides is 2. The lowest BCUT2D eigenvalue weighted by atomic mass is 9.97. The SMILES string of the molecule is CN1CCC(CNC2CC(=O)N(C3CCCC3)C2=O)CC1. The fourth-order valence-corrected chi connectivity index (χ4v) is 3.93. The van der Waals surface area contributed by atoms with Gasteiger partial charge in [-0.05, 0) is 58.3 Å². The molecule has 0 aromatic rings. The molecule has 2 aliphatic heterocycles. The van der Waals surface area contributed by atoms with Crippen molar-refractivity contribution in [1.82, 2.24) is 15.1 Å². The van der Waals surface area contributed by atoms with Gasteiger partial charge in [-0.25, -0.2) is 0 Å². The molecule has 0 spiro atoms. The molecule has 21 heavy (non-hydrogen) atoms. The molecule has 5 heteroatoms. The summed E-state index contributed by atoms with van der Waals surface area (Å²) in [6.07, 6.45) is 7.03. The highest BCUT2D eigenvalue weighted by atomic mass is 16.2. The summed E-state index contributed by atoms with van der Waals surface area (Å²) in [6, 6.07) is -0.0853. The minimum Gasteiger partial charge on any atom is -0.306 e. The van der Waals surface area contributed by atoms with Crippen LogP contribution in [0.2, 0.25) is 0 Å². The quantitative estimate of drug-likeness (QED) is 0.785. The fraction of sp³-hybridized carbons (Fsp3) is 0.875. The smallest absolute Gasteiger partial charge is 0.247 e. The first-order chi connectivity index (χ1) is 10.1. The van der Waals surface area contributed by atoms with Gasteiger partial charge in [0.1, 0.15) is 0 Å². The number of nitrogens with zero attached hydrogens (tertiary/aromatic N) is 2. The molecule has 1 aliphatic carbocycles. The number of piperidine rings is 1. The molecule has 2 amide bonds. The molecule has 3 fully saturated rings. The van der Waals surface area contributed by atoms with Gasteiger partial charge in [0.2, 0.25) is 11.8 Å². The van der Waals surface area contributed by atoms with E-state index in [-0.39, 0.29) is 23.9 Å². The van der Waals surface area contributed by atoms with E-state index in [9.17, 15) is 9.59 Å². The van der Waals surface area contributed by atoms with Crippen molar-refractivity contribution in [3.63, 3.8) is 0 Å². The third-order valence-electron chi connectivity index (χ3n) is 5.36. The van der Waals surface area contributed by atoms with Crippen molar-refractivity contribution in [1.29, 1.82) is 0 Å². The van der Waals surface area contributed by atoms with Crippen LogP contribution >= 0.6 is 0 Å². The van der Waals surface area contributed by atoms with Gasteiger partial charge in [0.15, 0.2) is 0 Å². The third-order valence-corrected chi connectivity index (χ3v) is 5.36. The molecule has 5 nitrogen and oxygen atoms in total. The van der Waals surface area contributed by atoms with Crippen LogP contribution in [0.15, 0.2) is 0 Å². The predicted molar refractivity (Wildman–Crippen MR) is 80.7 cm³/mol. The number of carbonyl (C=O) groups excluding carboxylic acids is 2. The van der Waals surface area contributed by atoms with E-state index in [0.717, 1.165) is 45.3 Å². The van der Waals surface area contributed by atoms with E-state index >= 15 is 0 Å². The van der Waals surface area contributed by atoms with Gasteiger partial charge in [0.25, 0.3) is 0 Å². The molecule has 1 atom stereocenters. The molecule has 1 N–H and O–H groups in total. The molecule has 1 unspecified atom stereocenters. The van der Waals surface area contributed by atoms with Crippen molar-refractivity contribution >= 4 is 11.8 Å². The monoisotopic (exact) mass is 293 g/mol. The summed E-state index contributed by atoms with van der Waals surface area (Å²) in [5, 5.41) is 3.37. The summed E-state index contributed by atoms with van der Waals surface area (Å²) in [4.78, 5) is 28.5. The minimum absolute atomic E-state index is 0.0276. The van der Waals surface area contributed by atoms with Crippen molar-refractivity contribution < 1.29 is 9.59 Å². The average molecular weight is 293 g/mol. The van der Waals surface area contributed by atoms with Gasteiger partial charge in [-0.15, -0.1) is 0 Å². The second kappa shape index (κ2) is 6.44. The van der Waals surface area contributed by atoms with E-state index in [0.29, 0.717) is 12.3 Å². The van der Waals surface area contributed by atoms with Gasteiger partial charge in [0, 0.05) is 6.04 Å². The summed E-state index contributed by atoms with van der Waals surface area (Å²) in [5.74, 6) is 0.706. The molecule has 0 aromatic heterocycles. The Morgan fingerprint density at radius 3 is 2.43 bits per heavy atom. The van der Waals surface area contributed by atoms with Crippen molar-refractivity contribution in [3.8, 4) is 0 Å². The normalized spacial score (nSPS) is 29.8. The van der Waals surface area contributed by atoms with Crippen LogP contribution in [0, 0.1) is 5.92 Å². The first kappa shape index (κ1) is 15.0. The Balaban J connectivity index is 1.50. The van der Waals surface area contributed by atoms with Gasteiger partial charge < -0.3 is 10.2 Å². The lowest BCUT2D eigenvalue weighted by Gasteiger charge is -2.29. The molecular weight excluding hydrogens is 266 g/mol. The number of rotatable bonds is 4. The summed E-state index contributed by atoms with van der Waals surface area (Å²) < 4.78 is 0. The largest absolute Gasteiger partial charge is 0.306 e. The number of likely N-dealkylation sites (tertiary alicyclic amines) is 2. The fourth-order valence-electron chi connectivity index (χ4n) is 3.93. The number of hydrogen-bond donors (Lipinski definition) is 1. The Morgan fingerprint density at radius 2 is 1.76 bits per heavy atom. The summed E-state index contributed by atoms with van der Waals surface area (Å²) in [5.41, 5.74) is 0. The van der Waals surface area contributed by atoms with Gasteiger partial charge in [0.05, 0.1) is 12.5 Å². The molecular formula is C16H27N3O2. The maximum atomic E-state index is 12.5. The second-order valence-corrected chi connectivity index (χ2v) is 6.95. The molecule has 0 radical (unpaired) electrons. The van der Waals surface area contributed by atoms with Crippen LogP contribution in [-0.2, 0) is 9.59 Å². The molecule has 2 saturated heterocycles. The van der Waals surface area contributed by atoms with Crippen molar-refractivity contribution in [2.24, 2.45) is 5.92 Å². The summed E-state index contributed by atoms with van der Waals surface area (Å²) in [7, 11) is 2.16. The number of nitrogens with one attached hydrogen (secondary N) is 1. The zero-order chi connectivity index (χ0) is 14.8. The maximum Gasteiger partial charge on any atom is 0.247 e. The van der Waals surface area contributed by atoms with E-state index in [1.54, 1.807) is 4.90 Å². The Hall–Kier alpha value is -0.940. The van der Waals surface area contributed by atoms with Gasteiger partial charge >= 0.3 is 0 Å². The van der Waals surface area contributed by atoms with E-state index in [4.69, 9.17) is 0 Å². The van der Waals surface area contributed by atoms with Crippen LogP contribution in [0.4, 0.5) is 0 Å². The lowest BCUT2D eigenvalue weighted by Crippen LogP contribution is -2.45. The number of hydrogen-bond acceptors (Lipinski definition) is 4. The molecule has 118 valence electrons. The van der Waals surface area contributed by atoms with Gasteiger partial charge in [-0.3, -0.25) is 14.5 Å². The average Bonchev–Trinajstić information content (AvgIpc) is 3.07. The third kappa shape index (κ3) is 3.29. The molecule has 1 saturated carbocycles. The minimum atomic E-state index is -0.266. The van der Waals surface area contributed by atoms with E-state index in [1.165, 1.54) is 12.8 Å². The number of carbonyl (C=O) groups is 2. The zero-order valence-corrected chi connectivity index (χ0v) is 13.0. The second-order valence-electron chi connectivity index (χ2n) is 6.95. The van der Waals surface area contributed by atoms with E-state index in [2.05, 4.69) is 17.3 Å². The highest BCUT2D eigenvalue weighted by molar-refractivity contribution is 6.05. The highest BCUT2D eigenvalue weighted by Gasteiger charge is 2.42. The van der Waals surface area contributed by atoms with Crippen LogP contribution in [-0.4, -0.2) is 60.4 Å². The van der Waals surface area contributed by atoms with Crippen LogP contribution in [0.1, 0.15) is 44.9 Å². The molecule has 3 aliphatic rings. The molecule has 3 rings (SSSR count). The van der Waals surface area contributed by atoms with Crippen LogP contribution in [0.3, 0.4) is 0 Å². The van der Waals surface area contributed by atoms with Crippen LogP contribution in [0.25, 0.3) is 0 Å². The Bertz CT molecular complexity index is 398. The topological polar surface area (TPSA) is 52.7 Å². The Kier molecular flexibility index (Phi) is 4.60. The van der Waals surface area contributed by atoms with Crippen LogP contribution in [0.5, 0.6) is 0 Å². The zero-order valence-electron chi connectivity index (χ0n) is 13.0. The Morgan fingerprint density at radius 1 is 1.10 bits per heavy atom. The summed E-state index contributed by atoms with van der Waals surface area (Å²) in [6.45, 7) is 3.15. The summed E-state index contributed by atoms with van der Waals surface area (Å²) >= 11 is 0. The number of imide groups is 1. The molecule has 2 heterocycles. The Labute approximate surface area is 127 Å².